The highest BCUT2D eigenvalue weighted by Gasteiger charge is 2.18. The highest BCUT2D eigenvalue weighted by atomic mass is 16.4. The van der Waals surface area contributed by atoms with Crippen LogP contribution in [-0.4, -0.2) is 49.2 Å². The molecule has 0 saturated carbocycles. The third-order valence-electron chi connectivity index (χ3n) is 4.43. The molecule has 1 heterocycles. The molecule has 0 aromatic heterocycles. The highest BCUT2D eigenvalue weighted by Crippen LogP contribution is 2.20. The molecule has 1 unspecified atom stereocenters. The highest BCUT2D eigenvalue weighted by molar-refractivity contribution is 5.97. The van der Waals surface area contributed by atoms with Crippen LogP contribution in [0.5, 0.6) is 0 Å². The van der Waals surface area contributed by atoms with Crippen LogP contribution in [0.15, 0.2) is 29.4 Å². The number of hydrogen-bond donors (Lipinski definition) is 2. The molecule has 0 radical (unpaired) electrons. The number of nitrogens with two attached hydrogens (primary N) is 1. The predicted molar refractivity (Wildman–Crippen MR) is 87.1 cm³/mol. The van der Waals surface area contributed by atoms with Gasteiger partial charge in [-0.25, -0.2) is 0 Å². The first kappa shape index (κ1) is 15.6. The van der Waals surface area contributed by atoms with E-state index in [-0.39, 0.29) is 5.84 Å². The van der Waals surface area contributed by atoms with Crippen LogP contribution < -0.4 is 10.6 Å². The van der Waals surface area contributed by atoms with Crippen LogP contribution in [0.1, 0.15) is 31.2 Å². The first-order valence-corrected chi connectivity index (χ1v) is 7.61. The standard InChI is InChI=1S/C16H26N4O/c1-19-11-4-3-5-14(19)10-12-20(2)15-8-6-13(7-9-15)16(17)18-21/h6-9,14,21H,3-5,10-12H2,1-2H3,(H2,17,18). The minimum absolute atomic E-state index is 0.146. The van der Waals surface area contributed by atoms with E-state index in [9.17, 15) is 0 Å². The van der Waals surface area contributed by atoms with Gasteiger partial charge in [-0.1, -0.05) is 11.6 Å². The molecule has 0 spiro atoms. The summed E-state index contributed by atoms with van der Waals surface area (Å²) in [6.07, 6.45) is 5.19. The van der Waals surface area contributed by atoms with Crippen molar-refractivity contribution < 1.29 is 5.21 Å². The summed E-state index contributed by atoms with van der Waals surface area (Å²) in [7, 11) is 4.34. The maximum absolute atomic E-state index is 8.67. The van der Waals surface area contributed by atoms with Crippen molar-refractivity contribution in [2.45, 2.75) is 31.7 Å². The summed E-state index contributed by atoms with van der Waals surface area (Å²) in [6, 6.07) is 8.49. The number of rotatable bonds is 5. The second kappa shape index (κ2) is 7.31. The molecule has 1 aromatic rings. The fraction of sp³-hybridized carbons (Fsp3) is 0.562. The largest absolute Gasteiger partial charge is 0.409 e. The third kappa shape index (κ3) is 4.11. The summed E-state index contributed by atoms with van der Waals surface area (Å²) in [5.41, 5.74) is 7.47. The van der Waals surface area contributed by atoms with Gasteiger partial charge >= 0.3 is 0 Å². The lowest BCUT2D eigenvalue weighted by Gasteiger charge is -2.34. The maximum Gasteiger partial charge on any atom is 0.170 e. The molecule has 5 nitrogen and oxygen atoms in total. The molecule has 1 atom stereocenters. The summed E-state index contributed by atoms with van der Waals surface area (Å²) in [4.78, 5) is 4.75. The Bertz CT molecular complexity index is 472. The van der Waals surface area contributed by atoms with Gasteiger partial charge in [0.05, 0.1) is 0 Å². The van der Waals surface area contributed by atoms with Gasteiger partial charge in [0.25, 0.3) is 0 Å². The zero-order chi connectivity index (χ0) is 15.2. The van der Waals surface area contributed by atoms with Crippen molar-refractivity contribution >= 4 is 11.5 Å². The van der Waals surface area contributed by atoms with Crippen LogP contribution in [0.25, 0.3) is 0 Å². The average Bonchev–Trinajstić information content (AvgIpc) is 2.53. The van der Waals surface area contributed by atoms with Crippen LogP contribution in [0, 0.1) is 0 Å². The molecular weight excluding hydrogens is 264 g/mol. The molecule has 21 heavy (non-hydrogen) atoms. The average molecular weight is 290 g/mol. The van der Waals surface area contributed by atoms with Crippen molar-refractivity contribution in [2.24, 2.45) is 10.9 Å². The Kier molecular flexibility index (Phi) is 5.44. The number of benzene rings is 1. The first-order valence-electron chi connectivity index (χ1n) is 7.61. The van der Waals surface area contributed by atoms with Gasteiger partial charge in [0.15, 0.2) is 5.84 Å². The van der Waals surface area contributed by atoms with Crippen molar-refractivity contribution in [3.8, 4) is 0 Å². The zero-order valence-electron chi connectivity index (χ0n) is 13.0. The van der Waals surface area contributed by atoms with Crippen molar-refractivity contribution in [1.82, 2.24) is 4.90 Å². The Labute approximate surface area is 127 Å². The van der Waals surface area contributed by atoms with Crippen LogP contribution in [0.3, 0.4) is 0 Å². The van der Waals surface area contributed by atoms with E-state index in [1.807, 2.05) is 24.3 Å². The Morgan fingerprint density at radius 1 is 1.38 bits per heavy atom. The van der Waals surface area contributed by atoms with E-state index in [2.05, 4.69) is 29.1 Å². The van der Waals surface area contributed by atoms with Crippen molar-refractivity contribution in [1.29, 1.82) is 0 Å². The summed E-state index contributed by atoms with van der Waals surface area (Å²) in [5.74, 6) is 0.146. The third-order valence-corrected chi connectivity index (χ3v) is 4.43. The van der Waals surface area contributed by atoms with E-state index in [4.69, 9.17) is 10.9 Å². The predicted octanol–water partition coefficient (Wildman–Crippen LogP) is 2.09. The molecule has 1 aliphatic rings. The monoisotopic (exact) mass is 290 g/mol. The zero-order valence-corrected chi connectivity index (χ0v) is 13.0. The number of oxime groups is 1. The first-order chi connectivity index (χ1) is 10.1. The van der Waals surface area contributed by atoms with E-state index in [0.717, 1.165) is 17.8 Å². The SMILES string of the molecule is CN(CCC1CCCCN1C)c1ccc(/C(N)=N/O)cc1. The maximum atomic E-state index is 8.67. The van der Waals surface area contributed by atoms with Gasteiger partial charge in [-0.15, -0.1) is 0 Å². The molecule has 0 bridgehead atoms. The van der Waals surface area contributed by atoms with Gasteiger partial charge in [-0.2, -0.15) is 0 Å². The summed E-state index contributed by atoms with van der Waals surface area (Å²) in [6.45, 7) is 2.26. The lowest BCUT2D eigenvalue weighted by atomic mass is 10.00. The Morgan fingerprint density at radius 2 is 2.10 bits per heavy atom. The normalized spacial score (nSPS) is 20.5. The molecule has 3 N–H and O–H groups in total. The fourth-order valence-electron chi connectivity index (χ4n) is 2.93. The van der Waals surface area contributed by atoms with E-state index in [1.165, 1.54) is 32.2 Å². The van der Waals surface area contributed by atoms with Crippen molar-refractivity contribution in [2.75, 3.05) is 32.1 Å². The summed E-state index contributed by atoms with van der Waals surface area (Å²) < 4.78 is 0. The number of nitrogens with zero attached hydrogens (tertiary/aromatic N) is 3. The summed E-state index contributed by atoms with van der Waals surface area (Å²) >= 11 is 0. The Morgan fingerprint density at radius 3 is 2.71 bits per heavy atom. The number of likely N-dealkylation sites (tertiary alicyclic amines) is 1. The van der Waals surface area contributed by atoms with Gasteiger partial charge < -0.3 is 20.7 Å². The van der Waals surface area contributed by atoms with Gasteiger partial charge in [0, 0.05) is 30.9 Å². The molecule has 1 aliphatic heterocycles. The van der Waals surface area contributed by atoms with Crippen LogP contribution in [-0.2, 0) is 0 Å². The molecule has 1 fully saturated rings. The molecule has 0 aliphatic carbocycles. The number of hydrogen-bond acceptors (Lipinski definition) is 4. The lowest BCUT2D eigenvalue weighted by Crippen LogP contribution is -2.38. The van der Waals surface area contributed by atoms with E-state index in [0.29, 0.717) is 6.04 Å². The van der Waals surface area contributed by atoms with Crippen LogP contribution in [0.2, 0.25) is 0 Å². The number of anilines is 1. The molecular formula is C16H26N4O. The minimum Gasteiger partial charge on any atom is -0.409 e. The molecule has 116 valence electrons. The van der Waals surface area contributed by atoms with Gasteiger partial charge in [0.2, 0.25) is 0 Å². The second-order valence-corrected chi connectivity index (χ2v) is 5.87. The molecule has 0 amide bonds. The lowest BCUT2D eigenvalue weighted by molar-refractivity contribution is 0.178. The Hall–Kier alpha value is -1.75. The number of piperidine rings is 1. The van der Waals surface area contributed by atoms with Gasteiger partial charge in [0.1, 0.15) is 0 Å². The van der Waals surface area contributed by atoms with Gasteiger partial charge in [-0.05, 0) is 57.1 Å². The smallest absolute Gasteiger partial charge is 0.170 e. The van der Waals surface area contributed by atoms with E-state index >= 15 is 0 Å². The minimum atomic E-state index is 0.146. The topological polar surface area (TPSA) is 65.1 Å². The van der Waals surface area contributed by atoms with Crippen molar-refractivity contribution in [3.63, 3.8) is 0 Å². The quantitative estimate of drug-likeness (QED) is 0.377. The Balaban J connectivity index is 1.89. The molecule has 1 saturated heterocycles. The summed E-state index contributed by atoms with van der Waals surface area (Å²) in [5, 5.41) is 11.7. The molecule has 1 aromatic carbocycles. The van der Waals surface area contributed by atoms with Crippen molar-refractivity contribution in [3.05, 3.63) is 29.8 Å². The second-order valence-electron chi connectivity index (χ2n) is 5.87. The van der Waals surface area contributed by atoms with Gasteiger partial charge in [-0.3, -0.25) is 0 Å². The molecule has 2 rings (SSSR count). The molecule has 5 heteroatoms. The van der Waals surface area contributed by atoms with E-state index < -0.39 is 0 Å². The van der Waals surface area contributed by atoms with E-state index in [1.54, 1.807) is 0 Å². The number of amidine groups is 1. The van der Waals surface area contributed by atoms with Crippen LogP contribution in [0.4, 0.5) is 5.69 Å². The van der Waals surface area contributed by atoms with Crippen LogP contribution >= 0.6 is 0 Å². The fourth-order valence-corrected chi connectivity index (χ4v) is 2.93.